The van der Waals surface area contributed by atoms with Gasteiger partial charge < -0.3 is 10.1 Å². The Morgan fingerprint density at radius 1 is 1.44 bits per heavy atom. The first kappa shape index (κ1) is 10.8. The molecule has 0 fully saturated rings. The van der Waals surface area contributed by atoms with Crippen LogP contribution in [-0.2, 0) is 7.05 Å². The highest BCUT2D eigenvalue weighted by molar-refractivity contribution is 5.84. The van der Waals surface area contributed by atoms with Gasteiger partial charge in [0, 0.05) is 19.2 Å². The lowest BCUT2D eigenvalue weighted by molar-refractivity contribution is 0.413. The number of benzene rings is 1. The van der Waals surface area contributed by atoms with Crippen molar-refractivity contribution in [3.63, 3.8) is 0 Å². The molecule has 94 valence electrons. The Hall–Kier alpha value is -2.38. The second-order valence-corrected chi connectivity index (χ2v) is 3.87. The molecule has 8 heteroatoms. The van der Waals surface area contributed by atoms with Crippen LogP contribution in [0.3, 0.4) is 0 Å². The maximum atomic E-state index is 13.5. The number of methoxy groups -OCH3 is 1. The summed E-state index contributed by atoms with van der Waals surface area (Å²) in [5, 5.41) is 14.4. The van der Waals surface area contributed by atoms with E-state index in [0.29, 0.717) is 24.1 Å². The zero-order chi connectivity index (χ0) is 12.7. The largest absolute Gasteiger partial charge is 0.494 e. The molecular formula is C10H11FN6O. The molecule has 1 N–H and O–H groups in total. The van der Waals surface area contributed by atoms with Gasteiger partial charge in [0.05, 0.1) is 19.5 Å². The van der Waals surface area contributed by atoms with Crippen LogP contribution in [0.25, 0.3) is 0 Å². The second-order valence-electron chi connectivity index (χ2n) is 3.87. The molecule has 1 aliphatic heterocycles. The van der Waals surface area contributed by atoms with Gasteiger partial charge in [-0.25, -0.2) is 9.07 Å². The van der Waals surface area contributed by atoms with Crippen LogP contribution in [0.4, 0.5) is 21.7 Å². The van der Waals surface area contributed by atoms with E-state index >= 15 is 0 Å². The summed E-state index contributed by atoms with van der Waals surface area (Å²) in [6.45, 7) is 0.462. The van der Waals surface area contributed by atoms with Crippen molar-refractivity contribution in [2.45, 2.75) is 0 Å². The van der Waals surface area contributed by atoms with Crippen molar-refractivity contribution < 1.29 is 9.13 Å². The van der Waals surface area contributed by atoms with Gasteiger partial charge in [-0.05, 0) is 10.4 Å². The minimum absolute atomic E-state index is 0.366. The normalized spacial score (nSPS) is 13.4. The minimum atomic E-state index is -0.366. The Morgan fingerprint density at radius 2 is 2.28 bits per heavy atom. The van der Waals surface area contributed by atoms with E-state index in [1.54, 1.807) is 11.9 Å². The molecule has 1 aliphatic rings. The Bertz CT molecular complexity index is 598. The topological polar surface area (TPSA) is 68.1 Å². The standard InChI is InChI=1S/C10H11FN6O/c1-16-10(13-14-15-16)17-5-12-9-7(17)3-6(11)4-8(9)18-2/h3-4,12H,5H2,1-2H3. The van der Waals surface area contributed by atoms with Crippen LogP contribution in [-0.4, -0.2) is 34.0 Å². The monoisotopic (exact) mass is 250 g/mol. The van der Waals surface area contributed by atoms with Crippen molar-refractivity contribution in [2.24, 2.45) is 7.05 Å². The lowest BCUT2D eigenvalue weighted by Crippen LogP contribution is -2.20. The predicted octanol–water partition coefficient (Wildman–Crippen LogP) is 0.879. The molecule has 2 aromatic rings. The third-order valence-electron chi connectivity index (χ3n) is 2.81. The molecule has 0 spiro atoms. The van der Waals surface area contributed by atoms with E-state index in [2.05, 4.69) is 20.8 Å². The summed E-state index contributed by atoms with van der Waals surface area (Å²) < 4.78 is 20.2. The van der Waals surface area contributed by atoms with Crippen molar-refractivity contribution in [1.29, 1.82) is 0 Å². The van der Waals surface area contributed by atoms with Crippen LogP contribution < -0.4 is 15.0 Å². The van der Waals surface area contributed by atoms with Crippen LogP contribution in [0, 0.1) is 5.82 Å². The number of aromatic nitrogens is 4. The van der Waals surface area contributed by atoms with Gasteiger partial charge in [-0.1, -0.05) is 5.10 Å². The van der Waals surface area contributed by atoms with Crippen molar-refractivity contribution in [3.8, 4) is 5.75 Å². The predicted molar refractivity (Wildman–Crippen MR) is 62.4 cm³/mol. The van der Waals surface area contributed by atoms with E-state index in [0.717, 1.165) is 5.69 Å². The molecule has 7 nitrogen and oxygen atoms in total. The Kier molecular flexibility index (Phi) is 2.29. The van der Waals surface area contributed by atoms with E-state index in [-0.39, 0.29) is 5.82 Å². The van der Waals surface area contributed by atoms with Crippen LogP contribution >= 0.6 is 0 Å². The maximum Gasteiger partial charge on any atom is 0.251 e. The van der Waals surface area contributed by atoms with Crippen molar-refractivity contribution in [3.05, 3.63) is 17.9 Å². The molecule has 0 radical (unpaired) electrons. The average Bonchev–Trinajstić information content (AvgIpc) is 2.93. The molecule has 1 aromatic heterocycles. The molecule has 0 amide bonds. The number of fused-ring (bicyclic) bond motifs is 1. The molecule has 18 heavy (non-hydrogen) atoms. The highest BCUT2D eigenvalue weighted by Gasteiger charge is 2.27. The Balaban J connectivity index is 2.12. The van der Waals surface area contributed by atoms with Gasteiger partial charge in [-0.2, -0.15) is 0 Å². The summed E-state index contributed by atoms with van der Waals surface area (Å²) in [6, 6.07) is 2.76. The fourth-order valence-corrected chi connectivity index (χ4v) is 1.99. The molecule has 1 aromatic carbocycles. The van der Waals surface area contributed by atoms with Crippen molar-refractivity contribution in [1.82, 2.24) is 20.2 Å². The summed E-state index contributed by atoms with van der Waals surface area (Å²) in [4.78, 5) is 1.78. The Labute approximate surface area is 102 Å². The fraction of sp³-hybridized carbons (Fsp3) is 0.300. The van der Waals surface area contributed by atoms with Gasteiger partial charge in [-0.15, -0.1) is 0 Å². The highest BCUT2D eigenvalue weighted by atomic mass is 19.1. The van der Waals surface area contributed by atoms with Gasteiger partial charge in [0.2, 0.25) is 0 Å². The van der Waals surface area contributed by atoms with E-state index < -0.39 is 0 Å². The van der Waals surface area contributed by atoms with Gasteiger partial charge >= 0.3 is 0 Å². The molecule has 0 unspecified atom stereocenters. The molecule has 3 rings (SSSR count). The molecule has 0 aliphatic carbocycles. The fourth-order valence-electron chi connectivity index (χ4n) is 1.99. The summed E-state index contributed by atoms with van der Waals surface area (Å²) in [6.07, 6.45) is 0. The Morgan fingerprint density at radius 3 is 2.94 bits per heavy atom. The third-order valence-corrected chi connectivity index (χ3v) is 2.81. The number of ether oxygens (including phenoxy) is 1. The number of anilines is 3. The molecule has 0 atom stereocenters. The highest BCUT2D eigenvalue weighted by Crippen LogP contribution is 2.42. The SMILES string of the molecule is COc1cc(F)cc2c1NCN2c1nnnn1C. The van der Waals surface area contributed by atoms with Crippen LogP contribution in [0.15, 0.2) is 12.1 Å². The summed E-state index contributed by atoms with van der Waals surface area (Å²) in [5.74, 6) is 0.631. The zero-order valence-electron chi connectivity index (χ0n) is 9.88. The lowest BCUT2D eigenvalue weighted by atomic mass is 10.2. The second kappa shape index (κ2) is 3.83. The van der Waals surface area contributed by atoms with E-state index in [1.807, 2.05) is 0 Å². The average molecular weight is 250 g/mol. The zero-order valence-corrected chi connectivity index (χ0v) is 9.88. The number of tetrazole rings is 1. The van der Waals surface area contributed by atoms with E-state index in [1.165, 1.54) is 23.9 Å². The minimum Gasteiger partial charge on any atom is -0.494 e. The summed E-state index contributed by atoms with van der Waals surface area (Å²) in [5.41, 5.74) is 1.40. The number of aryl methyl sites for hydroxylation is 1. The third kappa shape index (κ3) is 1.45. The van der Waals surface area contributed by atoms with Gasteiger partial charge in [0.15, 0.2) is 0 Å². The number of hydrogen-bond donors (Lipinski definition) is 1. The van der Waals surface area contributed by atoms with Crippen molar-refractivity contribution in [2.75, 3.05) is 24.0 Å². The van der Waals surface area contributed by atoms with Gasteiger partial charge in [0.1, 0.15) is 17.3 Å². The van der Waals surface area contributed by atoms with E-state index in [9.17, 15) is 4.39 Å². The number of hydrogen-bond acceptors (Lipinski definition) is 6. The number of halogens is 1. The van der Waals surface area contributed by atoms with Gasteiger partial charge in [-0.3, -0.25) is 4.90 Å². The summed E-state index contributed by atoms with van der Waals surface area (Å²) in [7, 11) is 3.23. The summed E-state index contributed by atoms with van der Waals surface area (Å²) >= 11 is 0. The number of nitrogens with zero attached hydrogens (tertiary/aromatic N) is 5. The molecule has 2 heterocycles. The van der Waals surface area contributed by atoms with Crippen molar-refractivity contribution >= 4 is 17.3 Å². The molecule has 0 saturated carbocycles. The quantitative estimate of drug-likeness (QED) is 0.853. The number of rotatable bonds is 2. The first-order chi connectivity index (χ1) is 8.70. The maximum absolute atomic E-state index is 13.5. The van der Waals surface area contributed by atoms with Crippen LogP contribution in [0.1, 0.15) is 0 Å². The molecule has 0 bridgehead atoms. The van der Waals surface area contributed by atoms with Crippen LogP contribution in [0.5, 0.6) is 5.75 Å². The van der Waals surface area contributed by atoms with E-state index in [4.69, 9.17) is 4.74 Å². The first-order valence-corrected chi connectivity index (χ1v) is 5.32. The number of nitrogens with one attached hydrogen (secondary N) is 1. The first-order valence-electron chi connectivity index (χ1n) is 5.32. The lowest BCUT2D eigenvalue weighted by Gasteiger charge is -2.15. The smallest absolute Gasteiger partial charge is 0.251 e. The molecule has 0 saturated heterocycles. The van der Waals surface area contributed by atoms with Gasteiger partial charge in [0.25, 0.3) is 5.95 Å². The van der Waals surface area contributed by atoms with Crippen LogP contribution in [0.2, 0.25) is 0 Å². The molecular weight excluding hydrogens is 239 g/mol.